The van der Waals surface area contributed by atoms with Crippen LogP contribution >= 0.6 is 0 Å². The van der Waals surface area contributed by atoms with Crippen LogP contribution in [0.3, 0.4) is 0 Å². The Morgan fingerprint density at radius 2 is 2.07 bits per heavy atom. The van der Waals surface area contributed by atoms with Gasteiger partial charge in [-0.15, -0.1) is 0 Å². The minimum absolute atomic E-state index is 0.170. The zero-order chi connectivity index (χ0) is 19.8. The summed E-state index contributed by atoms with van der Waals surface area (Å²) in [7, 11) is 0. The predicted octanol–water partition coefficient (Wildman–Crippen LogP) is 1.92. The first-order valence-electron chi connectivity index (χ1n) is 7.94. The van der Waals surface area contributed by atoms with Crippen molar-refractivity contribution in [1.29, 1.82) is 0 Å². The molecule has 1 aliphatic heterocycles. The van der Waals surface area contributed by atoms with Crippen molar-refractivity contribution >= 4 is 17.3 Å². The van der Waals surface area contributed by atoms with E-state index in [9.17, 15) is 22.4 Å². The number of fused-ring (bicyclic) bond motifs is 1. The molecule has 0 saturated heterocycles. The molecular weight excluding hydrogens is 368 g/mol. The number of carbonyl (C=O) groups excluding carboxylic acids is 1. The van der Waals surface area contributed by atoms with Crippen molar-refractivity contribution in [2.45, 2.75) is 18.6 Å². The van der Waals surface area contributed by atoms with Crippen LogP contribution in [0.1, 0.15) is 12.0 Å². The van der Waals surface area contributed by atoms with Crippen molar-refractivity contribution in [3.05, 3.63) is 47.3 Å². The van der Waals surface area contributed by atoms with Crippen molar-refractivity contribution in [3.63, 3.8) is 0 Å². The number of primary amides is 1. The van der Waals surface area contributed by atoms with Crippen LogP contribution in [0.4, 0.5) is 17.6 Å². The molecule has 0 bridgehead atoms. The number of nitrogens with two attached hydrogens (primary N) is 2. The second-order valence-electron chi connectivity index (χ2n) is 6.10. The van der Waals surface area contributed by atoms with Gasteiger partial charge in [-0.05, 0) is 18.1 Å². The molecule has 1 aliphatic carbocycles. The molecule has 0 aromatic heterocycles. The lowest BCUT2D eigenvalue weighted by atomic mass is 9.88. The quantitative estimate of drug-likeness (QED) is 0.759. The maximum absolute atomic E-state index is 14.1. The number of halogens is 4. The molecule has 1 heterocycles. The number of nitrogens with zero attached hydrogens (tertiary/aromatic N) is 2. The number of hydrazone groups is 1. The maximum atomic E-state index is 14.1. The highest BCUT2D eigenvalue weighted by atomic mass is 19.4. The summed E-state index contributed by atoms with van der Waals surface area (Å²) >= 11 is 0. The van der Waals surface area contributed by atoms with E-state index in [0.717, 1.165) is 6.07 Å². The highest BCUT2D eigenvalue weighted by molar-refractivity contribution is 6.01. The molecule has 4 N–H and O–H groups in total. The fraction of sp³-hybridized carbons (Fsp3) is 0.294. The van der Waals surface area contributed by atoms with E-state index >= 15 is 0 Å². The molecule has 2 aliphatic rings. The molecule has 6 nitrogen and oxygen atoms in total. The number of amides is 1. The fourth-order valence-corrected chi connectivity index (χ4v) is 3.04. The van der Waals surface area contributed by atoms with Crippen LogP contribution in [0.5, 0.6) is 5.75 Å². The van der Waals surface area contributed by atoms with Gasteiger partial charge in [-0.1, -0.05) is 24.3 Å². The van der Waals surface area contributed by atoms with E-state index in [-0.39, 0.29) is 24.4 Å². The van der Waals surface area contributed by atoms with Gasteiger partial charge in [0.2, 0.25) is 5.91 Å². The van der Waals surface area contributed by atoms with Crippen molar-refractivity contribution in [2.75, 3.05) is 13.2 Å². The number of para-hydroxylation sites is 1. The second-order valence-corrected chi connectivity index (χ2v) is 6.10. The van der Waals surface area contributed by atoms with Crippen LogP contribution in [-0.2, 0) is 4.79 Å². The number of ether oxygens (including phenoxy) is 1. The van der Waals surface area contributed by atoms with Gasteiger partial charge < -0.3 is 16.2 Å². The fourth-order valence-electron chi connectivity index (χ4n) is 3.04. The lowest BCUT2D eigenvalue weighted by Gasteiger charge is -2.27. The Hall–Kier alpha value is -3.04. The van der Waals surface area contributed by atoms with Gasteiger partial charge in [0.15, 0.2) is 18.2 Å². The average Bonchev–Trinajstić information content (AvgIpc) is 2.87. The van der Waals surface area contributed by atoms with Crippen molar-refractivity contribution < 1.29 is 27.1 Å². The summed E-state index contributed by atoms with van der Waals surface area (Å²) in [6, 6.07) is 3.45. The second kappa shape index (κ2) is 6.93. The Bertz CT molecular complexity index is 861. The molecule has 0 spiro atoms. The van der Waals surface area contributed by atoms with Crippen molar-refractivity contribution in [1.82, 2.24) is 5.01 Å². The number of allylic oxidation sites excluding steroid dienone is 2. The molecule has 1 unspecified atom stereocenters. The molecule has 0 saturated carbocycles. The minimum atomic E-state index is -4.60. The van der Waals surface area contributed by atoms with E-state index < -0.39 is 36.3 Å². The van der Waals surface area contributed by atoms with Crippen molar-refractivity contribution in [3.8, 4) is 5.75 Å². The Kier molecular flexibility index (Phi) is 4.81. The number of benzene rings is 1. The molecular formula is C17H16F4N4O2. The molecule has 1 aromatic rings. The Balaban J connectivity index is 1.91. The molecule has 144 valence electrons. The molecule has 0 fully saturated rings. The topological polar surface area (TPSA) is 93.9 Å². The minimum Gasteiger partial charge on any atom is -0.480 e. The highest BCUT2D eigenvalue weighted by Gasteiger charge is 2.35. The third-order valence-corrected chi connectivity index (χ3v) is 4.14. The van der Waals surface area contributed by atoms with Gasteiger partial charge in [0.1, 0.15) is 12.4 Å². The lowest BCUT2D eigenvalue weighted by Crippen LogP contribution is -2.36. The number of alkyl halides is 3. The van der Waals surface area contributed by atoms with Gasteiger partial charge in [0.05, 0.1) is 6.04 Å². The number of rotatable bonds is 5. The van der Waals surface area contributed by atoms with Gasteiger partial charge >= 0.3 is 6.18 Å². The monoisotopic (exact) mass is 384 g/mol. The number of hydrogen-bond acceptors (Lipinski definition) is 5. The van der Waals surface area contributed by atoms with E-state index in [0.29, 0.717) is 11.1 Å². The number of amidine groups is 1. The first-order chi connectivity index (χ1) is 12.7. The Labute approximate surface area is 151 Å². The Morgan fingerprint density at radius 3 is 2.74 bits per heavy atom. The third kappa shape index (κ3) is 4.04. The zero-order valence-electron chi connectivity index (χ0n) is 14.0. The zero-order valence-corrected chi connectivity index (χ0v) is 14.0. The first-order valence-corrected chi connectivity index (χ1v) is 7.94. The molecule has 1 aromatic carbocycles. The normalized spacial score (nSPS) is 19.2. The first kappa shape index (κ1) is 18.7. The summed E-state index contributed by atoms with van der Waals surface area (Å²) in [5.74, 6) is -1.76. The maximum Gasteiger partial charge on any atom is 0.422 e. The van der Waals surface area contributed by atoms with Gasteiger partial charge in [-0.25, -0.2) is 4.39 Å². The summed E-state index contributed by atoms with van der Waals surface area (Å²) in [5.41, 5.74) is 12.4. The number of hydrogen-bond donors (Lipinski definition) is 2. The van der Waals surface area contributed by atoms with Gasteiger partial charge in [0, 0.05) is 11.1 Å². The summed E-state index contributed by atoms with van der Waals surface area (Å²) < 4.78 is 56.3. The molecule has 1 atom stereocenters. The molecule has 1 amide bonds. The summed E-state index contributed by atoms with van der Waals surface area (Å²) in [4.78, 5) is 11.2. The number of carbonyl (C=O) groups is 1. The standard InChI is InChI=1S/C17H16F4N4O2/c18-12-3-1-2-10(15(12)27-8-17(19,20)21)9-4-5-11-13(6-9)25(7-14(22)26)24-16(11)23/h1-5,13H,6-8H2,(H2,22,26)(H2,23,24). The SMILES string of the molecule is NC(=O)CN1N=C(N)C2=CC=C(c3cccc(F)c3OCC(F)(F)F)CC21. The largest absolute Gasteiger partial charge is 0.480 e. The van der Waals surface area contributed by atoms with Crippen LogP contribution < -0.4 is 16.2 Å². The predicted molar refractivity (Wildman–Crippen MR) is 89.9 cm³/mol. The van der Waals surface area contributed by atoms with E-state index in [2.05, 4.69) is 5.10 Å². The summed E-state index contributed by atoms with van der Waals surface area (Å²) in [6.07, 6.45) is -1.09. The van der Waals surface area contributed by atoms with E-state index in [1.165, 1.54) is 17.1 Å². The van der Waals surface area contributed by atoms with Crippen molar-refractivity contribution in [2.24, 2.45) is 16.6 Å². The van der Waals surface area contributed by atoms with Crippen LogP contribution in [0, 0.1) is 5.82 Å². The molecule has 3 rings (SSSR count). The lowest BCUT2D eigenvalue weighted by molar-refractivity contribution is -0.153. The van der Waals surface area contributed by atoms with E-state index in [1.807, 2.05) is 0 Å². The van der Waals surface area contributed by atoms with Crippen LogP contribution in [0.25, 0.3) is 5.57 Å². The molecule has 27 heavy (non-hydrogen) atoms. The van der Waals surface area contributed by atoms with Gasteiger partial charge in [-0.2, -0.15) is 18.3 Å². The summed E-state index contributed by atoms with van der Waals surface area (Å²) in [5, 5.41) is 5.49. The molecule has 10 heteroatoms. The summed E-state index contributed by atoms with van der Waals surface area (Å²) in [6.45, 7) is -1.78. The average molecular weight is 384 g/mol. The molecule has 0 radical (unpaired) electrons. The van der Waals surface area contributed by atoms with Crippen LogP contribution in [0.2, 0.25) is 0 Å². The Morgan fingerprint density at radius 1 is 1.33 bits per heavy atom. The van der Waals surface area contributed by atoms with E-state index in [1.54, 1.807) is 12.2 Å². The van der Waals surface area contributed by atoms with Gasteiger partial charge in [-0.3, -0.25) is 9.80 Å². The van der Waals surface area contributed by atoms with Crippen LogP contribution in [-0.4, -0.2) is 42.1 Å². The third-order valence-electron chi connectivity index (χ3n) is 4.14. The van der Waals surface area contributed by atoms with Crippen LogP contribution in [0.15, 0.2) is 41.0 Å². The van der Waals surface area contributed by atoms with Gasteiger partial charge in [0.25, 0.3) is 0 Å². The highest BCUT2D eigenvalue weighted by Crippen LogP contribution is 2.38. The smallest absolute Gasteiger partial charge is 0.422 e. The van der Waals surface area contributed by atoms with E-state index in [4.69, 9.17) is 16.2 Å².